The Kier molecular flexibility index (Phi) is 5.27. The Morgan fingerprint density at radius 3 is 2.66 bits per heavy atom. The molecule has 0 aliphatic carbocycles. The summed E-state index contributed by atoms with van der Waals surface area (Å²) in [5.74, 6) is 1.35. The van der Waals surface area contributed by atoms with Crippen LogP contribution in [-0.4, -0.2) is 36.2 Å². The lowest BCUT2D eigenvalue weighted by Crippen LogP contribution is -2.51. The van der Waals surface area contributed by atoms with Gasteiger partial charge in [0.05, 0.1) is 19.3 Å². The number of hydrogen-bond donors (Lipinski definition) is 1. The van der Waals surface area contributed by atoms with Gasteiger partial charge in [0, 0.05) is 23.5 Å². The molecule has 0 radical (unpaired) electrons. The summed E-state index contributed by atoms with van der Waals surface area (Å²) in [6.45, 7) is 0.903. The minimum Gasteiger partial charge on any atom is -0.497 e. The van der Waals surface area contributed by atoms with E-state index in [1.807, 2.05) is 78.9 Å². The van der Waals surface area contributed by atoms with Gasteiger partial charge in [0.15, 0.2) is 4.87 Å². The molecule has 0 bridgehead atoms. The fourth-order valence-corrected chi connectivity index (χ4v) is 5.85. The summed E-state index contributed by atoms with van der Waals surface area (Å²) in [6.07, 6.45) is 0. The maximum Gasteiger partial charge on any atom is 0.323 e. The standard InChI is InChI=1S/C25H23N3O3S/c1-31-20-11-7-8-18(16-20)17-27-22-13-6-5-12-21(22)25(23(27)29)28(14-15-32-25)24(30)26-19-9-3-2-4-10-19/h2-13,16H,14-15,17H2,1H3,(H,26,30)/t25-/m0/s1. The van der Waals surface area contributed by atoms with Gasteiger partial charge in [-0.05, 0) is 35.9 Å². The summed E-state index contributed by atoms with van der Waals surface area (Å²) in [5.41, 5.74) is 3.37. The monoisotopic (exact) mass is 445 g/mol. The quantitative estimate of drug-likeness (QED) is 0.634. The Morgan fingerprint density at radius 2 is 1.84 bits per heavy atom. The van der Waals surface area contributed by atoms with E-state index in [0.29, 0.717) is 24.5 Å². The molecule has 2 aliphatic heterocycles. The number of anilines is 2. The van der Waals surface area contributed by atoms with Crippen molar-refractivity contribution < 1.29 is 14.3 Å². The van der Waals surface area contributed by atoms with Crippen LogP contribution in [-0.2, 0) is 16.2 Å². The summed E-state index contributed by atoms with van der Waals surface area (Å²) in [5, 5.41) is 2.95. The predicted octanol–water partition coefficient (Wildman–Crippen LogP) is 4.68. The molecule has 7 heteroatoms. The number of carbonyl (C=O) groups excluding carboxylic acids is 2. The maximum absolute atomic E-state index is 14.0. The molecular formula is C25H23N3O3S. The highest BCUT2D eigenvalue weighted by atomic mass is 32.2. The molecular weight excluding hydrogens is 422 g/mol. The van der Waals surface area contributed by atoms with Gasteiger partial charge in [-0.15, -0.1) is 11.8 Å². The second kappa shape index (κ2) is 8.24. The lowest BCUT2D eigenvalue weighted by molar-refractivity contribution is -0.123. The highest BCUT2D eigenvalue weighted by Crippen LogP contribution is 2.54. The molecule has 3 amide bonds. The first-order valence-corrected chi connectivity index (χ1v) is 11.4. The fourth-order valence-electron chi connectivity index (χ4n) is 4.39. The van der Waals surface area contributed by atoms with E-state index < -0.39 is 4.87 Å². The number of amides is 3. The first-order chi connectivity index (χ1) is 15.6. The Balaban J connectivity index is 1.50. The van der Waals surface area contributed by atoms with Crippen molar-refractivity contribution in [3.63, 3.8) is 0 Å². The van der Waals surface area contributed by atoms with Crippen LogP contribution in [0.4, 0.5) is 16.2 Å². The highest BCUT2D eigenvalue weighted by Gasteiger charge is 2.59. The first-order valence-electron chi connectivity index (χ1n) is 10.5. The van der Waals surface area contributed by atoms with Gasteiger partial charge < -0.3 is 15.0 Å². The van der Waals surface area contributed by atoms with Crippen LogP contribution >= 0.6 is 11.8 Å². The number of fused-ring (bicyclic) bond motifs is 2. The average molecular weight is 446 g/mol. The van der Waals surface area contributed by atoms with Crippen LogP contribution in [0.15, 0.2) is 78.9 Å². The van der Waals surface area contributed by atoms with Gasteiger partial charge in [-0.25, -0.2) is 4.79 Å². The Morgan fingerprint density at radius 1 is 1.06 bits per heavy atom. The second-order valence-corrected chi connectivity index (χ2v) is 8.99. The SMILES string of the molecule is COc1cccc(CN2C(=O)[C@@]3(SCCN3C(=O)Nc3ccccc3)c3ccccc32)c1. The van der Waals surface area contributed by atoms with Crippen molar-refractivity contribution in [3.05, 3.63) is 90.0 Å². The van der Waals surface area contributed by atoms with Crippen LogP contribution in [0.3, 0.4) is 0 Å². The molecule has 1 fully saturated rings. The average Bonchev–Trinajstić information content (AvgIpc) is 3.37. The molecule has 6 nitrogen and oxygen atoms in total. The molecule has 32 heavy (non-hydrogen) atoms. The third-order valence-corrected chi connectivity index (χ3v) is 7.27. The normalized spacial score (nSPS) is 19.3. The van der Waals surface area contributed by atoms with E-state index >= 15 is 0 Å². The molecule has 5 rings (SSSR count). The van der Waals surface area contributed by atoms with E-state index in [0.717, 1.165) is 22.6 Å². The summed E-state index contributed by atoms with van der Waals surface area (Å²) in [6, 6.07) is 24.5. The molecule has 0 unspecified atom stereocenters. The number of carbonyl (C=O) groups is 2. The topological polar surface area (TPSA) is 61.9 Å². The largest absolute Gasteiger partial charge is 0.497 e. The van der Waals surface area contributed by atoms with E-state index in [1.165, 1.54) is 11.8 Å². The van der Waals surface area contributed by atoms with Crippen LogP contribution in [0.2, 0.25) is 0 Å². The number of benzene rings is 3. The number of para-hydroxylation sites is 2. The number of rotatable bonds is 4. The lowest BCUT2D eigenvalue weighted by atomic mass is 10.1. The van der Waals surface area contributed by atoms with Gasteiger partial charge >= 0.3 is 6.03 Å². The molecule has 1 spiro atoms. The molecule has 2 aliphatic rings. The number of ether oxygens (including phenoxy) is 1. The zero-order valence-electron chi connectivity index (χ0n) is 17.7. The van der Waals surface area contributed by atoms with E-state index in [4.69, 9.17) is 4.74 Å². The van der Waals surface area contributed by atoms with Crippen molar-refractivity contribution >= 4 is 35.1 Å². The Bertz CT molecular complexity index is 1170. The molecule has 1 N–H and O–H groups in total. The molecule has 0 saturated carbocycles. The summed E-state index contributed by atoms with van der Waals surface area (Å²) in [7, 11) is 1.63. The molecule has 3 aromatic carbocycles. The lowest BCUT2D eigenvalue weighted by Gasteiger charge is -2.33. The van der Waals surface area contributed by atoms with E-state index in [9.17, 15) is 9.59 Å². The Labute approximate surface area is 191 Å². The van der Waals surface area contributed by atoms with Crippen LogP contribution in [0.1, 0.15) is 11.1 Å². The van der Waals surface area contributed by atoms with Crippen LogP contribution in [0, 0.1) is 0 Å². The van der Waals surface area contributed by atoms with Crippen LogP contribution < -0.4 is 15.0 Å². The minimum absolute atomic E-state index is 0.0905. The molecule has 0 aromatic heterocycles. The first kappa shape index (κ1) is 20.5. The number of hydrogen-bond acceptors (Lipinski definition) is 4. The number of methoxy groups -OCH3 is 1. The molecule has 162 valence electrons. The van der Waals surface area contributed by atoms with Crippen molar-refractivity contribution in [2.45, 2.75) is 11.4 Å². The third-order valence-electron chi connectivity index (χ3n) is 5.85. The zero-order valence-corrected chi connectivity index (χ0v) is 18.5. The van der Waals surface area contributed by atoms with Crippen LogP contribution in [0.5, 0.6) is 5.75 Å². The van der Waals surface area contributed by atoms with E-state index in [2.05, 4.69) is 5.32 Å². The number of thioether (sulfide) groups is 1. The van der Waals surface area contributed by atoms with Gasteiger partial charge in [0.25, 0.3) is 5.91 Å². The predicted molar refractivity (Wildman–Crippen MR) is 127 cm³/mol. The molecule has 2 heterocycles. The third kappa shape index (κ3) is 3.29. The fraction of sp³-hybridized carbons (Fsp3) is 0.200. The summed E-state index contributed by atoms with van der Waals surface area (Å²) < 4.78 is 5.35. The smallest absolute Gasteiger partial charge is 0.323 e. The molecule has 1 atom stereocenters. The van der Waals surface area contributed by atoms with Gasteiger partial charge in [0.1, 0.15) is 5.75 Å². The van der Waals surface area contributed by atoms with E-state index in [1.54, 1.807) is 16.9 Å². The van der Waals surface area contributed by atoms with Crippen molar-refractivity contribution in [3.8, 4) is 5.75 Å². The van der Waals surface area contributed by atoms with Crippen molar-refractivity contribution in [2.75, 3.05) is 29.6 Å². The second-order valence-electron chi connectivity index (χ2n) is 7.70. The molecule has 1 saturated heterocycles. The number of urea groups is 1. The van der Waals surface area contributed by atoms with Crippen molar-refractivity contribution in [1.82, 2.24) is 4.90 Å². The molecule has 3 aromatic rings. The van der Waals surface area contributed by atoms with Gasteiger partial charge in [-0.3, -0.25) is 9.69 Å². The minimum atomic E-state index is -1.06. The van der Waals surface area contributed by atoms with Crippen molar-refractivity contribution in [1.29, 1.82) is 0 Å². The van der Waals surface area contributed by atoms with Gasteiger partial charge in [-0.2, -0.15) is 0 Å². The zero-order chi connectivity index (χ0) is 22.1. The maximum atomic E-state index is 14.0. The van der Waals surface area contributed by atoms with E-state index in [-0.39, 0.29) is 11.9 Å². The Hall–Kier alpha value is -3.45. The van der Waals surface area contributed by atoms with Gasteiger partial charge in [-0.1, -0.05) is 48.5 Å². The van der Waals surface area contributed by atoms with Crippen LogP contribution in [0.25, 0.3) is 0 Å². The summed E-state index contributed by atoms with van der Waals surface area (Å²) >= 11 is 1.52. The number of nitrogens with one attached hydrogen (secondary N) is 1. The van der Waals surface area contributed by atoms with Gasteiger partial charge in [0.2, 0.25) is 0 Å². The highest BCUT2D eigenvalue weighted by molar-refractivity contribution is 8.01. The number of nitrogens with zero attached hydrogens (tertiary/aromatic N) is 2. The summed E-state index contributed by atoms with van der Waals surface area (Å²) in [4.78, 5) is 29.7. The van der Waals surface area contributed by atoms with Crippen molar-refractivity contribution in [2.24, 2.45) is 0 Å².